The van der Waals surface area contributed by atoms with Gasteiger partial charge in [-0.05, 0) is 30.3 Å². The van der Waals surface area contributed by atoms with E-state index >= 15 is 0 Å². The molecule has 0 atom stereocenters. The number of oxime groups is 1. The molecule has 3 rings (SSSR count). The lowest BCUT2D eigenvalue weighted by molar-refractivity contribution is -0.0499. The largest absolute Gasteiger partial charge is 0.444 e. The number of benzene rings is 2. The number of alkyl halides is 2. The van der Waals surface area contributed by atoms with Crippen LogP contribution in [0, 0.1) is 0 Å². The number of para-hydroxylation sites is 1. The lowest BCUT2D eigenvalue weighted by Crippen LogP contribution is -2.04. The molecule has 0 bridgehead atoms. The van der Waals surface area contributed by atoms with Crippen molar-refractivity contribution in [2.75, 3.05) is 0 Å². The highest BCUT2D eigenvalue weighted by Crippen LogP contribution is 2.22. The van der Waals surface area contributed by atoms with Crippen molar-refractivity contribution in [2.45, 2.75) is 13.2 Å². The molecule has 0 saturated heterocycles. The van der Waals surface area contributed by atoms with Crippen LogP contribution in [0.2, 0.25) is 5.02 Å². The number of aromatic nitrogens is 1. The maximum absolute atomic E-state index is 12.4. The molecule has 0 radical (unpaired) electrons. The highest BCUT2D eigenvalue weighted by atomic mass is 35.5. The van der Waals surface area contributed by atoms with Crippen molar-refractivity contribution in [3.05, 3.63) is 71.1 Å². The number of hydrogen-bond acceptors (Lipinski definition) is 5. The van der Waals surface area contributed by atoms with Crippen molar-refractivity contribution < 1.29 is 22.8 Å². The van der Waals surface area contributed by atoms with Gasteiger partial charge in [0.05, 0.1) is 6.21 Å². The summed E-state index contributed by atoms with van der Waals surface area (Å²) in [6.07, 6.45) is 2.73. The molecule has 0 aliphatic rings. The van der Waals surface area contributed by atoms with E-state index in [-0.39, 0.29) is 12.4 Å². The number of hydrogen-bond donors (Lipinski definition) is 0. The van der Waals surface area contributed by atoms with E-state index in [2.05, 4.69) is 14.9 Å². The summed E-state index contributed by atoms with van der Waals surface area (Å²) in [7, 11) is 0. The Balaban J connectivity index is 1.60. The summed E-state index contributed by atoms with van der Waals surface area (Å²) in [6.45, 7) is -2.86. The molecule has 3 aromatic rings. The van der Waals surface area contributed by atoms with Crippen molar-refractivity contribution >= 4 is 17.8 Å². The van der Waals surface area contributed by atoms with Crippen LogP contribution in [0.25, 0.3) is 11.5 Å². The molecule has 2 aromatic carbocycles. The van der Waals surface area contributed by atoms with Gasteiger partial charge in [0.2, 0.25) is 5.89 Å². The van der Waals surface area contributed by atoms with Crippen molar-refractivity contribution in [3.8, 4) is 17.2 Å². The van der Waals surface area contributed by atoms with Crippen molar-refractivity contribution in [1.29, 1.82) is 0 Å². The molecule has 1 heterocycles. The van der Waals surface area contributed by atoms with Crippen LogP contribution in [-0.4, -0.2) is 17.8 Å². The first-order valence-corrected chi connectivity index (χ1v) is 7.89. The summed E-state index contributed by atoms with van der Waals surface area (Å²) < 4.78 is 34.5. The summed E-state index contributed by atoms with van der Waals surface area (Å²) in [4.78, 5) is 9.41. The summed E-state index contributed by atoms with van der Waals surface area (Å²) in [5.41, 5.74) is 1.63. The third-order valence-electron chi connectivity index (χ3n) is 3.24. The normalized spacial score (nSPS) is 11.2. The zero-order valence-electron chi connectivity index (χ0n) is 13.3. The maximum atomic E-state index is 12.4. The van der Waals surface area contributed by atoms with Crippen LogP contribution >= 0.6 is 11.6 Å². The van der Waals surface area contributed by atoms with Gasteiger partial charge in [0.15, 0.2) is 6.61 Å². The van der Waals surface area contributed by atoms with Gasteiger partial charge in [-0.25, -0.2) is 4.98 Å². The summed E-state index contributed by atoms with van der Waals surface area (Å²) in [6, 6.07) is 13.4. The first kappa shape index (κ1) is 17.9. The zero-order valence-corrected chi connectivity index (χ0v) is 14.1. The molecular formula is C18H13ClF2N2O3. The van der Waals surface area contributed by atoms with Crippen molar-refractivity contribution in [2.24, 2.45) is 5.16 Å². The minimum atomic E-state index is -2.91. The van der Waals surface area contributed by atoms with Gasteiger partial charge < -0.3 is 14.0 Å². The van der Waals surface area contributed by atoms with Crippen LogP contribution in [0.4, 0.5) is 8.78 Å². The van der Waals surface area contributed by atoms with Crippen LogP contribution < -0.4 is 4.74 Å². The van der Waals surface area contributed by atoms with E-state index in [0.29, 0.717) is 22.2 Å². The number of nitrogens with zero attached hydrogens (tertiary/aromatic N) is 2. The number of oxazole rings is 1. The lowest BCUT2D eigenvalue weighted by atomic mass is 10.2. The molecule has 0 unspecified atom stereocenters. The Morgan fingerprint density at radius 3 is 2.85 bits per heavy atom. The quantitative estimate of drug-likeness (QED) is 0.421. The minimum absolute atomic E-state index is 0.0135. The smallest absolute Gasteiger partial charge is 0.387 e. The predicted octanol–water partition coefficient (Wildman–Crippen LogP) is 5.15. The fourth-order valence-corrected chi connectivity index (χ4v) is 2.31. The highest BCUT2D eigenvalue weighted by Gasteiger charge is 2.09. The van der Waals surface area contributed by atoms with E-state index < -0.39 is 6.61 Å². The van der Waals surface area contributed by atoms with E-state index in [4.69, 9.17) is 20.9 Å². The molecule has 0 spiro atoms. The Labute approximate surface area is 152 Å². The minimum Gasteiger partial charge on any atom is -0.444 e. The summed E-state index contributed by atoms with van der Waals surface area (Å²) in [5, 5.41) is 4.32. The highest BCUT2D eigenvalue weighted by molar-refractivity contribution is 6.30. The molecule has 1 aromatic heterocycles. The number of halogens is 3. The molecule has 0 fully saturated rings. The molecule has 134 valence electrons. The Kier molecular flexibility index (Phi) is 5.80. The molecular weight excluding hydrogens is 366 g/mol. The van der Waals surface area contributed by atoms with Crippen LogP contribution in [0.1, 0.15) is 11.3 Å². The fourth-order valence-electron chi connectivity index (χ4n) is 2.12. The van der Waals surface area contributed by atoms with E-state index in [0.717, 1.165) is 5.56 Å². The molecule has 8 heteroatoms. The first-order valence-electron chi connectivity index (χ1n) is 7.51. The second-order valence-corrected chi connectivity index (χ2v) is 5.52. The Morgan fingerprint density at radius 2 is 2.04 bits per heavy atom. The van der Waals surface area contributed by atoms with Crippen molar-refractivity contribution in [3.63, 3.8) is 0 Å². The molecule has 0 saturated carbocycles. The molecule has 5 nitrogen and oxygen atoms in total. The average Bonchev–Trinajstić information content (AvgIpc) is 3.08. The Morgan fingerprint density at radius 1 is 1.19 bits per heavy atom. The van der Waals surface area contributed by atoms with E-state index in [1.165, 1.54) is 18.5 Å². The van der Waals surface area contributed by atoms with Gasteiger partial charge in [-0.1, -0.05) is 35.0 Å². The third-order valence-corrected chi connectivity index (χ3v) is 3.47. The van der Waals surface area contributed by atoms with Gasteiger partial charge in [-0.3, -0.25) is 0 Å². The van der Waals surface area contributed by atoms with Gasteiger partial charge in [0.1, 0.15) is 17.7 Å². The van der Waals surface area contributed by atoms with Crippen molar-refractivity contribution in [1.82, 2.24) is 4.98 Å². The fraction of sp³-hybridized carbons (Fsp3) is 0.111. The SMILES string of the molecule is FC(F)Oc1ccccc1/C=N/OCc1coc(-c2cccc(Cl)c2)n1. The van der Waals surface area contributed by atoms with E-state index in [1.807, 2.05) is 6.07 Å². The average molecular weight is 379 g/mol. The molecule has 0 aliphatic carbocycles. The van der Waals surface area contributed by atoms with Gasteiger partial charge >= 0.3 is 6.61 Å². The van der Waals surface area contributed by atoms with Gasteiger partial charge in [-0.2, -0.15) is 8.78 Å². The van der Waals surface area contributed by atoms with Crippen LogP contribution in [0.3, 0.4) is 0 Å². The zero-order chi connectivity index (χ0) is 18.4. The van der Waals surface area contributed by atoms with Crippen LogP contribution in [0.15, 0.2) is 64.4 Å². The van der Waals surface area contributed by atoms with Gasteiger partial charge in [0.25, 0.3) is 0 Å². The van der Waals surface area contributed by atoms with E-state index in [9.17, 15) is 8.78 Å². The monoisotopic (exact) mass is 378 g/mol. The van der Waals surface area contributed by atoms with E-state index in [1.54, 1.807) is 36.4 Å². The second kappa shape index (κ2) is 8.44. The standard InChI is InChI=1S/C18H13ClF2N2O3/c19-14-6-3-5-12(8-14)17-23-15(10-24-17)11-25-22-9-13-4-1-2-7-16(13)26-18(20)21/h1-10,18H,11H2/b22-9+. The lowest BCUT2D eigenvalue weighted by Gasteiger charge is -2.06. The predicted molar refractivity (Wildman–Crippen MR) is 92.4 cm³/mol. The number of rotatable bonds is 7. The maximum Gasteiger partial charge on any atom is 0.387 e. The van der Waals surface area contributed by atoms with Crippen LogP contribution in [0.5, 0.6) is 5.75 Å². The summed E-state index contributed by atoms with van der Waals surface area (Å²) in [5.74, 6) is 0.422. The molecule has 0 aliphatic heterocycles. The van der Waals surface area contributed by atoms with Crippen LogP contribution in [-0.2, 0) is 11.4 Å². The Hall–Kier alpha value is -2.93. The summed E-state index contributed by atoms with van der Waals surface area (Å²) >= 11 is 5.94. The second-order valence-electron chi connectivity index (χ2n) is 5.08. The first-order chi connectivity index (χ1) is 12.6. The molecule has 26 heavy (non-hydrogen) atoms. The topological polar surface area (TPSA) is 56.9 Å². The van der Waals surface area contributed by atoms with Gasteiger partial charge in [-0.15, -0.1) is 0 Å². The third kappa shape index (κ3) is 4.80. The molecule has 0 N–H and O–H groups in total. The number of ether oxygens (including phenoxy) is 1. The Bertz CT molecular complexity index is 899. The van der Waals surface area contributed by atoms with Gasteiger partial charge in [0, 0.05) is 16.1 Å². The molecule has 0 amide bonds.